The molecule has 0 radical (unpaired) electrons. The first-order valence-corrected chi connectivity index (χ1v) is 13.9. The van der Waals surface area contributed by atoms with E-state index in [-0.39, 0.29) is 11.8 Å². The highest BCUT2D eigenvalue weighted by Crippen LogP contribution is 2.39. The summed E-state index contributed by atoms with van der Waals surface area (Å²) >= 11 is 0. The fourth-order valence-corrected chi connectivity index (χ4v) is 6.07. The number of fused-ring (bicyclic) bond motifs is 2. The number of hydrogen-bond acceptors (Lipinski definition) is 2. The van der Waals surface area contributed by atoms with Gasteiger partial charge in [-0.1, -0.05) is 56.2 Å². The van der Waals surface area contributed by atoms with Crippen molar-refractivity contribution in [3.8, 4) is 0 Å². The van der Waals surface area contributed by atoms with E-state index in [4.69, 9.17) is 0 Å². The van der Waals surface area contributed by atoms with Crippen molar-refractivity contribution >= 4 is 44.8 Å². The van der Waals surface area contributed by atoms with Crippen LogP contribution in [0.15, 0.2) is 85.5 Å². The van der Waals surface area contributed by atoms with E-state index in [9.17, 15) is 9.59 Å². The molecule has 1 atom stereocenters. The van der Waals surface area contributed by atoms with Crippen molar-refractivity contribution in [2.45, 2.75) is 45.7 Å². The Bertz CT molecular complexity index is 1700. The van der Waals surface area contributed by atoms with E-state index in [1.54, 1.807) is 0 Å². The van der Waals surface area contributed by atoms with Gasteiger partial charge in [-0.3, -0.25) is 14.9 Å². The standard InChI is InChI=1S/C33H34N4O2/c1-3-4-11-23(20-36-17-9-10-18-36)16-19-37-22-27(25-13-6-8-15-29(25)37)31-30(32(38)34-33(31)39)26-21-35(2)28-14-7-5-12-24(26)28/h5-10,12-15,17-18,21-23H,3-4,11,16,19-20H2,1-2H3,(H,34,38,39). The Kier molecular flexibility index (Phi) is 6.69. The van der Waals surface area contributed by atoms with Gasteiger partial charge in [0.25, 0.3) is 11.8 Å². The number of carbonyl (C=O) groups excluding carboxylic acids is 2. The van der Waals surface area contributed by atoms with Gasteiger partial charge in [-0.05, 0) is 43.0 Å². The molecule has 0 saturated carbocycles. The number of carbonyl (C=O) groups is 2. The third-order valence-electron chi connectivity index (χ3n) is 8.03. The van der Waals surface area contributed by atoms with E-state index in [0.29, 0.717) is 17.1 Å². The Morgan fingerprint density at radius 3 is 2.08 bits per heavy atom. The van der Waals surface area contributed by atoms with E-state index in [0.717, 1.165) is 52.4 Å². The lowest BCUT2D eigenvalue weighted by Crippen LogP contribution is -2.22. The topological polar surface area (TPSA) is 61.0 Å². The maximum atomic E-state index is 13.3. The average molecular weight is 519 g/mol. The van der Waals surface area contributed by atoms with E-state index in [1.165, 1.54) is 19.3 Å². The highest BCUT2D eigenvalue weighted by Gasteiger charge is 2.35. The van der Waals surface area contributed by atoms with Crippen LogP contribution in [0.5, 0.6) is 0 Å². The molecule has 5 aromatic rings. The zero-order chi connectivity index (χ0) is 26.9. The van der Waals surface area contributed by atoms with Crippen molar-refractivity contribution in [3.63, 3.8) is 0 Å². The highest BCUT2D eigenvalue weighted by atomic mass is 16.2. The van der Waals surface area contributed by atoms with Crippen molar-refractivity contribution in [3.05, 3.63) is 96.6 Å². The van der Waals surface area contributed by atoms with Gasteiger partial charge in [0.05, 0.1) is 11.1 Å². The van der Waals surface area contributed by atoms with Gasteiger partial charge in [-0.2, -0.15) is 0 Å². The summed E-state index contributed by atoms with van der Waals surface area (Å²) in [5.74, 6) is -0.113. The lowest BCUT2D eigenvalue weighted by Gasteiger charge is -2.18. The molecule has 3 aromatic heterocycles. The molecule has 1 aliphatic rings. The summed E-state index contributed by atoms with van der Waals surface area (Å²) < 4.78 is 6.55. The van der Waals surface area contributed by atoms with Gasteiger partial charge in [-0.25, -0.2) is 0 Å². The number of nitrogens with one attached hydrogen (secondary N) is 1. The Hall–Kier alpha value is -4.32. The summed E-state index contributed by atoms with van der Waals surface area (Å²) in [5.41, 5.74) is 4.62. The summed E-state index contributed by atoms with van der Waals surface area (Å²) in [4.78, 5) is 26.5. The molecule has 0 fully saturated rings. The van der Waals surface area contributed by atoms with Crippen molar-refractivity contribution in [1.82, 2.24) is 19.0 Å². The van der Waals surface area contributed by atoms with Crippen molar-refractivity contribution in [2.75, 3.05) is 0 Å². The van der Waals surface area contributed by atoms with Gasteiger partial charge in [0.2, 0.25) is 0 Å². The van der Waals surface area contributed by atoms with E-state index in [2.05, 4.69) is 64.2 Å². The molecular weight excluding hydrogens is 484 g/mol. The molecule has 0 bridgehead atoms. The molecule has 0 aliphatic carbocycles. The average Bonchev–Trinajstić information content (AvgIpc) is 3.72. The number of para-hydroxylation sites is 2. The van der Waals surface area contributed by atoms with E-state index < -0.39 is 0 Å². The number of benzene rings is 2. The Balaban J connectivity index is 1.41. The molecule has 2 amide bonds. The van der Waals surface area contributed by atoms with Crippen molar-refractivity contribution < 1.29 is 9.59 Å². The van der Waals surface area contributed by atoms with E-state index in [1.807, 2.05) is 54.2 Å². The molecular formula is C33H34N4O2. The SMILES string of the molecule is CCCCC(CCn1cc(C2=C(c3cn(C)c4ccccc34)C(=O)NC2=O)c2ccccc21)Cn1cccc1. The third-order valence-corrected chi connectivity index (χ3v) is 8.03. The summed E-state index contributed by atoms with van der Waals surface area (Å²) in [6.45, 7) is 4.10. The van der Waals surface area contributed by atoms with Crippen LogP contribution in [0.4, 0.5) is 0 Å². The van der Waals surface area contributed by atoms with E-state index >= 15 is 0 Å². The first-order valence-electron chi connectivity index (χ1n) is 13.9. The highest BCUT2D eigenvalue weighted by molar-refractivity contribution is 6.50. The molecule has 39 heavy (non-hydrogen) atoms. The molecule has 2 aromatic carbocycles. The monoisotopic (exact) mass is 518 g/mol. The second-order valence-corrected chi connectivity index (χ2v) is 10.6. The van der Waals surface area contributed by atoms with Crippen LogP contribution in [0.2, 0.25) is 0 Å². The number of aromatic nitrogens is 3. The van der Waals surface area contributed by atoms with Crippen LogP contribution in [-0.2, 0) is 29.7 Å². The maximum Gasteiger partial charge on any atom is 0.259 e. The molecule has 0 spiro atoms. The normalized spacial score (nSPS) is 14.6. The number of rotatable bonds is 10. The van der Waals surface area contributed by atoms with Gasteiger partial charge in [0, 0.05) is 77.9 Å². The van der Waals surface area contributed by atoms with Crippen LogP contribution in [0.1, 0.15) is 43.7 Å². The first kappa shape index (κ1) is 25.0. The van der Waals surface area contributed by atoms with Crippen molar-refractivity contribution in [1.29, 1.82) is 0 Å². The molecule has 6 rings (SSSR count). The minimum Gasteiger partial charge on any atom is -0.354 e. The molecule has 6 nitrogen and oxygen atoms in total. The van der Waals surface area contributed by atoms with Crippen LogP contribution in [0, 0.1) is 5.92 Å². The maximum absolute atomic E-state index is 13.3. The Morgan fingerprint density at radius 2 is 1.38 bits per heavy atom. The molecule has 4 heterocycles. The van der Waals surface area contributed by atoms with Crippen LogP contribution in [0.3, 0.4) is 0 Å². The van der Waals surface area contributed by atoms with Crippen LogP contribution in [-0.4, -0.2) is 25.5 Å². The van der Waals surface area contributed by atoms with Crippen molar-refractivity contribution in [2.24, 2.45) is 13.0 Å². The number of aryl methyl sites for hydroxylation is 2. The van der Waals surface area contributed by atoms with Crippen LogP contribution >= 0.6 is 0 Å². The minimum atomic E-state index is -0.338. The Labute approximate surface area is 228 Å². The Morgan fingerprint density at radius 1 is 0.769 bits per heavy atom. The van der Waals surface area contributed by atoms with Gasteiger partial charge >= 0.3 is 0 Å². The molecule has 198 valence electrons. The summed E-state index contributed by atoms with van der Waals surface area (Å²) in [6, 6.07) is 20.4. The molecule has 1 aliphatic heterocycles. The quantitative estimate of drug-likeness (QED) is 0.218. The van der Waals surface area contributed by atoms with Gasteiger partial charge < -0.3 is 13.7 Å². The molecule has 0 saturated heterocycles. The lowest BCUT2D eigenvalue weighted by atomic mass is 9.95. The first-order chi connectivity index (χ1) is 19.0. The minimum absolute atomic E-state index is 0.334. The number of imide groups is 1. The second kappa shape index (κ2) is 10.4. The number of amides is 2. The van der Waals surface area contributed by atoms with Gasteiger partial charge in [-0.15, -0.1) is 0 Å². The third kappa shape index (κ3) is 4.60. The summed E-state index contributed by atoms with van der Waals surface area (Å²) in [6.07, 6.45) is 12.9. The zero-order valence-electron chi connectivity index (χ0n) is 22.6. The predicted octanol–water partition coefficient (Wildman–Crippen LogP) is 6.40. The predicted molar refractivity (Wildman–Crippen MR) is 157 cm³/mol. The second-order valence-electron chi connectivity index (χ2n) is 10.6. The summed E-state index contributed by atoms with van der Waals surface area (Å²) in [7, 11) is 1.97. The van der Waals surface area contributed by atoms with Gasteiger partial charge in [0.1, 0.15) is 0 Å². The van der Waals surface area contributed by atoms with Crippen LogP contribution in [0.25, 0.3) is 33.0 Å². The zero-order valence-corrected chi connectivity index (χ0v) is 22.6. The van der Waals surface area contributed by atoms with Crippen LogP contribution < -0.4 is 5.32 Å². The lowest BCUT2D eigenvalue weighted by molar-refractivity contribution is -0.122. The smallest absolute Gasteiger partial charge is 0.259 e. The number of hydrogen-bond donors (Lipinski definition) is 1. The fraction of sp³-hybridized carbons (Fsp3) is 0.273. The molecule has 6 heteroatoms. The van der Waals surface area contributed by atoms with Gasteiger partial charge in [0.15, 0.2) is 0 Å². The number of unbranched alkanes of at least 4 members (excludes halogenated alkanes) is 1. The summed E-state index contributed by atoms with van der Waals surface area (Å²) in [5, 5.41) is 4.54. The fourth-order valence-electron chi connectivity index (χ4n) is 6.07. The largest absolute Gasteiger partial charge is 0.354 e. The number of nitrogens with zero attached hydrogens (tertiary/aromatic N) is 3. The molecule has 1 N–H and O–H groups in total. The molecule has 1 unspecified atom stereocenters.